The lowest BCUT2D eigenvalue weighted by Crippen LogP contribution is -2.52. The van der Waals surface area contributed by atoms with Crippen molar-refractivity contribution in [3.8, 4) is 0 Å². The molecule has 1 heterocycles. The second-order valence-corrected chi connectivity index (χ2v) is 8.44. The van der Waals surface area contributed by atoms with Gasteiger partial charge in [0.25, 0.3) is 0 Å². The molecule has 0 aliphatic carbocycles. The zero-order chi connectivity index (χ0) is 24.3. The summed E-state index contributed by atoms with van der Waals surface area (Å²) in [6.45, 7) is 2.54. The van der Waals surface area contributed by atoms with E-state index in [-0.39, 0.29) is 23.6 Å². The van der Waals surface area contributed by atoms with Gasteiger partial charge in [-0.2, -0.15) is 0 Å². The van der Waals surface area contributed by atoms with Gasteiger partial charge in [0, 0.05) is 50.3 Å². The van der Waals surface area contributed by atoms with Crippen LogP contribution in [0.15, 0.2) is 48.5 Å². The summed E-state index contributed by atoms with van der Waals surface area (Å²) in [6.07, 6.45) is 3.90. The number of amides is 2. The number of unbranched alkanes of at least 4 members (excludes halogenated alkanes) is 3. The number of esters is 1. The fraction of sp³-hybridized carbons (Fsp3) is 0.462. The highest BCUT2D eigenvalue weighted by Crippen LogP contribution is 2.32. The molecule has 3 rings (SSSR count). The first-order chi connectivity index (χ1) is 16.5. The maximum Gasteiger partial charge on any atom is 0.317 e. The van der Waals surface area contributed by atoms with Crippen molar-refractivity contribution in [3.63, 3.8) is 0 Å². The maximum atomic E-state index is 14.7. The Hall–Kier alpha value is -3.00. The molecule has 184 valence electrons. The summed E-state index contributed by atoms with van der Waals surface area (Å²) in [5.41, 5.74) is 0.857. The van der Waals surface area contributed by atoms with Crippen molar-refractivity contribution in [1.82, 2.24) is 15.1 Å². The van der Waals surface area contributed by atoms with Crippen molar-refractivity contribution >= 4 is 12.0 Å². The van der Waals surface area contributed by atoms with Crippen LogP contribution in [0.1, 0.15) is 49.3 Å². The minimum Gasteiger partial charge on any atom is -0.469 e. The molecule has 0 bridgehead atoms. The summed E-state index contributed by atoms with van der Waals surface area (Å²) >= 11 is 0. The minimum absolute atomic E-state index is 0.123. The molecule has 1 saturated heterocycles. The molecule has 0 atom stereocenters. The monoisotopic (exact) mass is 473 g/mol. The van der Waals surface area contributed by atoms with Crippen LogP contribution in [0.5, 0.6) is 0 Å². The van der Waals surface area contributed by atoms with E-state index < -0.39 is 6.04 Å². The minimum atomic E-state index is -0.558. The lowest BCUT2D eigenvalue weighted by molar-refractivity contribution is -0.140. The fourth-order valence-electron chi connectivity index (χ4n) is 4.29. The first-order valence-corrected chi connectivity index (χ1v) is 11.8. The number of piperazine rings is 1. The molecule has 8 heteroatoms. The Balaban J connectivity index is 1.51. The van der Waals surface area contributed by atoms with E-state index in [2.05, 4.69) is 10.1 Å². The molecule has 2 aromatic carbocycles. The lowest BCUT2D eigenvalue weighted by atomic mass is 9.95. The number of methoxy groups -OCH3 is 1. The standard InChI is InChI=1S/C26H33F2N3O3/c1-34-24(32)14-4-2-3-9-15-29-26(33)31-18-16-30(17-19-31)25(20-10-5-7-12-22(20)27)21-11-6-8-13-23(21)28/h5-8,10-13,25H,2-4,9,14-19H2,1H3,(H,29,33). The van der Waals surface area contributed by atoms with E-state index >= 15 is 0 Å². The summed E-state index contributed by atoms with van der Waals surface area (Å²) in [6, 6.07) is 12.2. The van der Waals surface area contributed by atoms with Gasteiger partial charge in [0.2, 0.25) is 0 Å². The Morgan fingerprint density at radius 1 is 0.882 bits per heavy atom. The molecule has 0 unspecified atom stereocenters. The number of rotatable bonds is 10. The molecule has 1 N–H and O–H groups in total. The van der Waals surface area contributed by atoms with Crippen LogP contribution in [0, 0.1) is 11.6 Å². The van der Waals surface area contributed by atoms with Crippen molar-refractivity contribution in [2.75, 3.05) is 39.8 Å². The largest absolute Gasteiger partial charge is 0.469 e. The predicted octanol–water partition coefficient (Wildman–Crippen LogP) is 4.50. The molecular formula is C26H33F2N3O3. The molecule has 2 aromatic rings. The highest BCUT2D eigenvalue weighted by Gasteiger charge is 2.31. The first-order valence-electron chi connectivity index (χ1n) is 11.8. The van der Waals surface area contributed by atoms with E-state index in [0.717, 1.165) is 25.7 Å². The molecule has 2 amide bonds. The van der Waals surface area contributed by atoms with Crippen LogP contribution in [-0.2, 0) is 9.53 Å². The molecule has 0 radical (unpaired) electrons. The molecule has 6 nitrogen and oxygen atoms in total. The van der Waals surface area contributed by atoms with Crippen molar-refractivity contribution in [2.24, 2.45) is 0 Å². The Morgan fingerprint density at radius 3 is 2.00 bits per heavy atom. The molecule has 1 fully saturated rings. The molecule has 1 aliphatic heterocycles. The normalized spacial score (nSPS) is 14.3. The van der Waals surface area contributed by atoms with Gasteiger partial charge in [-0.1, -0.05) is 49.2 Å². The van der Waals surface area contributed by atoms with Crippen LogP contribution in [-0.4, -0.2) is 61.6 Å². The van der Waals surface area contributed by atoms with Crippen molar-refractivity contribution < 1.29 is 23.1 Å². The van der Waals surface area contributed by atoms with E-state index in [1.165, 1.54) is 19.2 Å². The molecule has 0 aromatic heterocycles. The van der Waals surface area contributed by atoms with Crippen LogP contribution in [0.2, 0.25) is 0 Å². The lowest BCUT2D eigenvalue weighted by Gasteiger charge is -2.39. The summed E-state index contributed by atoms with van der Waals surface area (Å²) < 4.78 is 34.0. The maximum absolute atomic E-state index is 14.7. The smallest absolute Gasteiger partial charge is 0.317 e. The van der Waals surface area contributed by atoms with Gasteiger partial charge in [-0.25, -0.2) is 13.6 Å². The van der Waals surface area contributed by atoms with Crippen molar-refractivity contribution in [3.05, 3.63) is 71.3 Å². The van der Waals surface area contributed by atoms with Crippen molar-refractivity contribution in [1.29, 1.82) is 0 Å². The summed E-state index contributed by atoms with van der Waals surface area (Å²) in [4.78, 5) is 27.4. The molecule has 0 saturated carbocycles. The average molecular weight is 474 g/mol. The van der Waals surface area contributed by atoms with Crippen LogP contribution < -0.4 is 5.32 Å². The van der Waals surface area contributed by atoms with Gasteiger partial charge >= 0.3 is 12.0 Å². The van der Waals surface area contributed by atoms with Gasteiger partial charge in [-0.15, -0.1) is 0 Å². The molecule has 34 heavy (non-hydrogen) atoms. The average Bonchev–Trinajstić information content (AvgIpc) is 2.86. The van der Waals surface area contributed by atoms with E-state index in [0.29, 0.717) is 50.3 Å². The molecule has 0 spiro atoms. The van der Waals surface area contributed by atoms with Gasteiger partial charge in [-0.3, -0.25) is 9.69 Å². The third kappa shape index (κ3) is 7.00. The van der Waals surface area contributed by atoms with Gasteiger partial charge in [0.05, 0.1) is 13.2 Å². The van der Waals surface area contributed by atoms with E-state index in [1.807, 2.05) is 4.90 Å². The number of carbonyl (C=O) groups is 2. The second-order valence-electron chi connectivity index (χ2n) is 8.44. The first kappa shape index (κ1) is 25.6. The van der Waals surface area contributed by atoms with Crippen LogP contribution in [0.25, 0.3) is 0 Å². The van der Waals surface area contributed by atoms with Gasteiger partial charge in [-0.05, 0) is 25.0 Å². The number of benzene rings is 2. The number of halogens is 2. The van der Waals surface area contributed by atoms with E-state index in [4.69, 9.17) is 0 Å². The zero-order valence-corrected chi connectivity index (χ0v) is 19.6. The highest BCUT2D eigenvalue weighted by atomic mass is 19.1. The van der Waals surface area contributed by atoms with Gasteiger partial charge in [0.1, 0.15) is 11.6 Å². The number of hydrogen-bond donors (Lipinski definition) is 1. The third-order valence-corrected chi connectivity index (χ3v) is 6.18. The number of urea groups is 1. The Morgan fingerprint density at radius 2 is 1.44 bits per heavy atom. The van der Waals surface area contributed by atoms with Gasteiger partial charge < -0.3 is 15.0 Å². The predicted molar refractivity (Wildman–Crippen MR) is 126 cm³/mol. The van der Waals surface area contributed by atoms with Crippen LogP contribution in [0.3, 0.4) is 0 Å². The summed E-state index contributed by atoms with van der Waals surface area (Å²) in [5.74, 6) is -0.940. The topological polar surface area (TPSA) is 61.9 Å². The fourth-order valence-corrected chi connectivity index (χ4v) is 4.29. The SMILES string of the molecule is COC(=O)CCCCCCNC(=O)N1CCN(C(c2ccccc2F)c2ccccc2F)CC1. The van der Waals surface area contributed by atoms with Crippen LogP contribution >= 0.6 is 0 Å². The Kier molecular flexibility index (Phi) is 9.82. The Bertz CT molecular complexity index is 903. The number of ether oxygens (including phenoxy) is 1. The zero-order valence-electron chi connectivity index (χ0n) is 19.6. The Labute approximate surface area is 199 Å². The number of nitrogens with one attached hydrogen (secondary N) is 1. The van der Waals surface area contributed by atoms with E-state index in [1.54, 1.807) is 41.3 Å². The summed E-state index contributed by atoms with van der Waals surface area (Å²) in [7, 11) is 1.39. The summed E-state index contributed by atoms with van der Waals surface area (Å²) in [5, 5.41) is 2.95. The highest BCUT2D eigenvalue weighted by molar-refractivity contribution is 5.74. The number of nitrogens with zero attached hydrogens (tertiary/aromatic N) is 2. The van der Waals surface area contributed by atoms with Gasteiger partial charge in [0.15, 0.2) is 0 Å². The molecule has 1 aliphatic rings. The third-order valence-electron chi connectivity index (χ3n) is 6.18. The van der Waals surface area contributed by atoms with E-state index in [9.17, 15) is 18.4 Å². The second kappa shape index (κ2) is 13.0. The quantitative estimate of drug-likeness (QED) is 0.408. The molecular weight excluding hydrogens is 440 g/mol. The number of hydrogen-bond acceptors (Lipinski definition) is 4. The van der Waals surface area contributed by atoms with Crippen molar-refractivity contribution in [2.45, 2.75) is 38.1 Å². The van der Waals surface area contributed by atoms with Crippen LogP contribution in [0.4, 0.5) is 13.6 Å². The number of carbonyl (C=O) groups excluding carboxylic acids is 2.